The molecule has 0 bridgehead atoms. The zero-order chi connectivity index (χ0) is 17.5. The lowest BCUT2D eigenvalue weighted by molar-refractivity contribution is -0.125. The fourth-order valence-corrected chi connectivity index (χ4v) is 3.30. The van der Waals surface area contributed by atoms with Gasteiger partial charge in [-0.2, -0.15) is 0 Å². The van der Waals surface area contributed by atoms with E-state index in [2.05, 4.69) is 28.2 Å². The number of carbonyl (C=O) groups excluding carboxylic acids is 2. The summed E-state index contributed by atoms with van der Waals surface area (Å²) >= 11 is 3.37. The number of unbranched alkanes of at least 4 members (excludes halogenated alkanes) is 1. The molecule has 5 nitrogen and oxygen atoms in total. The van der Waals surface area contributed by atoms with E-state index in [1.54, 1.807) is 17.0 Å². The zero-order valence-corrected chi connectivity index (χ0v) is 16.9. The maximum atomic E-state index is 12.7. The fourth-order valence-electron chi connectivity index (χ4n) is 3.04. The Kier molecular flexibility index (Phi) is 9.46. The summed E-state index contributed by atoms with van der Waals surface area (Å²) in [6.45, 7) is 3.17. The van der Waals surface area contributed by atoms with Gasteiger partial charge in [-0.3, -0.25) is 9.59 Å². The van der Waals surface area contributed by atoms with Crippen molar-refractivity contribution >= 4 is 40.2 Å². The van der Waals surface area contributed by atoms with Crippen molar-refractivity contribution in [2.24, 2.45) is 5.73 Å². The first kappa shape index (κ1) is 21.9. The largest absolute Gasteiger partial charge is 0.350 e. The highest BCUT2D eigenvalue weighted by atomic mass is 79.9. The molecule has 0 saturated carbocycles. The van der Waals surface area contributed by atoms with Crippen LogP contribution in [-0.4, -0.2) is 41.9 Å². The van der Waals surface area contributed by atoms with Crippen LogP contribution in [-0.2, 0) is 4.79 Å². The number of halogens is 2. The third kappa shape index (κ3) is 5.97. The molecule has 1 aliphatic heterocycles. The van der Waals surface area contributed by atoms with Gasteiger partial charge in [0.05, 0.1) is 0 Å². The molecule has 1 aliphatic rings. The third-order valence-electron chi connectivity index (χ3n) is 4.44. The van der Waals surface area contributed by atoms with Crippen molar-refractivity contribution in [2.75, 3.05) is 13.1 Å². The van der Waals surface area contributed by atoms with Crippen LogP contribution in [0.3, 0.4) is 0 Å². The number of amides is 2. The Morgan fingerprint density at radius 3 is 2.64 bits per heavy atom. The molecular weight excluding hydrogens is 406 g/mol. The minimum atomic E-state index is -0.392. The molecule has 0 radical (unpaired) electrons. The van der Waals surface area contributed by atoms with E-state index in [0.29, 0.717) is 25.1 Å². The van der Waals surface area contributed by atoms with Crippen LogP contribution >= 0.6 is 28.3 Å². The smallest absolute Gasteiger partial charge is 0.254 e. The SMILES string of the molecule is CCCCC(CN)NC(=O)C1CCCN1C(=O)c1ccc(Br)cc1.Cl. The van der Waals surface area contributed by atoms with Gasteiger partial charge in [-0.25, -0.2) is 0 Å². The quantitative estimate of drug-likeness (QED) is 0.695. The fraction of sp³-hybridized carbons (Fsp3) is 0.556. The molecule has 1 aromatic carbocycles. The van der Waals surface area contributed by atoms with Crippen LogP contribution in [0.25, 0.3) is 0 Å². The number of hydrogen-bond acceptors (Lipinski definition) is 3. The van der Waals surface area contributed by atoms with Gasteiger partial charge in [0.2, 0.25) is 5.91 Å². The van der Waals surface area contributed by atoms with E-state index in [9.17, 15) is 9.59 Å². The summed E-state index contributed by atoms with van der Waals surface area (Å²) in [5.41, 5.74) is 6.37. The third-order valence-corrected chi connectivity index (χ3v) is 4.97. The Bertz CT molecular complexity index is 568. The van der Waals surface area contributed by atoms with Crippen LogP contribution in [0.2, 0.25) is 0 Å². The summed E-state index contributed by atoms with van der Waals surface area (Å²) in [6, 6.07) is 6.84. The second kappa shape index (κ2) is 10.8. The van der Waals surface area contributed by atoms with Crippen LogP contribution in [0.15, 0.2) is 28.7 Å². The van der Waals surface area contributed by atoms with Crippen LogP contribution in [0, 0.1) is 0 Å². The molecule has 1 saturated heterocycles. The summed E-state index contributed by atoms with van der Waals surface area (Å²) < 4.78 is 0.927. The molecule has 0 aliphatic carbocycles. The normalized spacial score (nSPS) is 17.7. The highest BCUT2D eigenvalue weighted by Gasteiger charge is 2.35. The lowest BCUT2D eigenvalue weighted by Crippen LogP contribution is -2.50. The van der Waals surface area contributed by atoms with Crippen LogP contribution in [0.1, 0.15) is 49.4 Å². The predicted molar refractivity (Wildman–Crippen MR) is 106 cm³/mol. The maximum Gasteiger partial charge on any atom is 0.254 e. The Balaban J connectivity index is 0.00000312. The van der Waals surface area contributed by atoms with Crippen molar-refractivity contribution in [1.82, 2.24) is 10.2 Å². The molecule has 1 heterocycles. The Morgan fingerprint density at radius 2 is 2.04 bits per heavy atom. The number of likely N-dealkylation sites (tertiary alicyclic amines) is 1. The zero-order valence-electron chi connectivity index (χ0n) is 14.5. The van der Waals surface area contributed by atoms with Gasteiger partial charge in [-0.15, -0.1) is 12.4 Å². The molecule has 3 N–H and O–H groups in total. The topological polar surface area (TPSA) is 75.4 Å². The van der Waals surface area contributed by atoms with E-state index in [1.807, 2.05) is 12.1 Å². The van der Waals surface area contributed by atoms with E-state index in [4.69, 9.17) is 5.73 Å². The minimum absolute atomic E-state index is 0. The number of rotatable bonds is 7. The van der Waals surface area contributed by atoms with Crippen molar-refractivity contribution in [3.8, 4) is 0 Å². The molecule has 2 atom stereocenters. The van der Waals surface area contributed by atoms with Crippen molar-refractivity contribution in [3.05, 3.63) is 34.3 Å². The Morgan fingerprint density at radius 1 is 1.36 bits per heavy atom. The molecule has 0 aromatic heterocycles. The highest BCUT2D eigenvalue weighted by Crippen LogP contribution is 2.21. The number of nitrogens with two attached hydrogens (primary N) is 1. The lowest BCUT2D eigenvalue weighted by Gasteiger charge is -2.26. The van der Waals surface area contributed by atoms with Gasteiger partial charge in [0.1, 0.15) is 6.04 Å². The summed E-state index contributed by atoms with van der Waals surface area (Å²) in [5, 5.41) is 3.02. The van der Waals surface area contributed by atoms with Crippen LogP contribution in [0.5, 0.6) is 0 Å². The van der Waals surface area contributed by atoms with E-state index in [1.165, 1.54) is 0 Å². The van der Waals surface area contributed by atoms with Gasteiger partial charge < -0.3 is 16.0 Å². The standard InChI is InChI=1S/C18H26BrN3O2.ClH/c1-2-3-5-15(12-20)21-17(23)16-6-4-11-22(16)18(24)13-7-9-14(19)10-8-13;/h7-10,15-16H,2-6,11-12,20H2,1H3,(H,21,23);1H. The van der Waals surface area contributed by atoms with Crippen LogP contribution in [0.4, 0.5) is 0 Å². The van der Waals surface area contributed by atoms with Crippen molar-refractivity contribution in [1.29, 1.82) is 0 Å². The van der Waals surface area contributed by atoms with E-state index in [0.717, 1.165) is 30.2 Å². The molecule has 1 fully saturated rings. The monoisotopic (exact) mass is 431 g/mol. The molecule has 140 valence electrons. The van der Waals surface area contributed by atoms with E-state index < -0.39 is 6.04 Å². The number of carbonyl (C=O) groups is 2. The molecule has 2 amide bonds. The minimum Gasteiger partial charge on any atom is -0.350 e. The molecule has 0 spiro atoms. The summed E-state index contributed by atoms with van der Waals surface area (Å²) in [5.74, 6) is -0.164. The molecular formula is C18H27BrClN3O2. The first-order valence-corrected chi connectivity index (χ1v) is 9.43. The second-order valence-corrected chi connectivity index (χ2v) is 7.16. The Hall–Kier alpha value is -1.11. The van der Waals surface area contributed by atoms with Gasteiger partial charge in [0, 0.05) is 29.2 Å². The van der Waals surface area contributed by atoms with Gasteiger partial charge in [-0.1, -0.05) is 35.7 Å². The van der Waals surface area contributed by atoms with Gasteiger partial charge >= 0.3 is 0 Å². The number of nitrogens with one attached hydrogen (secondary N) is 1. The summed E-state index contributed by atoms with van der Waals surface area (Å²) in [4.78, 5) is 27.0. The summed E-state index contributed by atoms with van der Waals surface area (Å²) in [7, 11) is 0. The molecule has 2 rings (SSSR count). The molecule has 1 aromatic rings. The van der Waals surface area contributed by atoms with Gasteiger partial charge in [0.15, 0.2) is 0 Å². The average Bonchev–Trinajstić information content (AvgIpc) is 3.08. The first-order chi connectivity index (χ1) is 11.6. The predicted octanol–water partition coefficient (Wildman–Crippen LogP) is 3.11. The number of nitrogens with zero attached hydrogens (tertiary/aromatic N) is 1. The summed E-state index contributed by atoms with van der Waals surface area (Å²) in [6.07, 6.45) is 4.55. The lowest BCUT2D eigenvalue weighted by atomic mass is 10.1. The molecule has 25 heavy (non-hydrogen) atoms. The Labute approximate surface area is 164 Å². The van der Waals surface area contributed by atoms with Crippen LogP contribution < -0.4 is 11.1 Å². The first-order valence-electron chi connectivity index (χ1n) is 8.63. The molecule has 2 unspecified atom stereocenters. The maximum absolute atomic E-state index is 12.7. The molecule has 7 heteroatoms. The van der Waals surface area contributed by atoms with Crippen molar-refractivity contribution < 1.29 is 9.59 Å². The van der Waals surface area contributed by atoms with E-state index in [-0.39, 0.29) is 30.3 Å². The average molecular weight is 433 g/mol. The van der Waals surface area contributed by atoms with Crippen molar-refractivity contribution in [3.63, 3.8) is 0 Å². The van der Waals surface area contributed by atoms with Gasteiger partial charge in [0.25, 0.3) is 5.91 Å². The highest BCUT2D eigenvalue weighted by molar-refractivity contribution is 9.10. The number of hydrogen-bond donors (Lipinski definition) is 2. The van der Waals surface area contributed by atoms with E-state index >= 15 is 0 Å². The second-order valence-electron chi connectivity index (χ2n) is 6.25. The van der Waals surface area contributed by atoms with Crippen molar-refractivity contribution in [2.45, 2.75) is 51.1 Å². The number of benzene rings is 1. The van der Waals surface area contributed by atoms with Gasteiger partial charge in [-0.05, 0) is 43.5 Å².